The Balaban J connectivity index is 2.22. The highest BCUT2D eigenvalue weighted by Crippen LogP contribution is 2.38. The van der Waals surface area contributed by atoms with Crippen LogP contribution in [0.5, 0.6) is 0 Å². The summed E-state index contributed by atoms with van der Waals surface area (Å²) in [7, 11) is 0. The van der Waals surface area contributed by atoms with Crippen molar-refractivity contribution in [2.45, 2.75) is 33.8 Å². The molecule has 26 heavy (non-hydrogen) atoms. The molecular weight excluding hydrogens is 372 g/mol. The van der Waals surface area contributed by atoms with Gasteiger partial charge in [0.15, 0.2) is 6.10 Å². The Kier molecular flexibility index (Phi) is 6.93. The van der Waals surface area contributed by atoms with Gasteiger partial charge in [0.05, 0.1) is 0 Å². The van der Waals surface area contributed by atoms with Crippen LogP contribution in [0.25, 0.3) is 10.4 Å². The minimum Gasteiger partial charge on any atom is -0.449 e. The van der Waals surface area contributed by atoms with E-state index in [0.29, 0.717) is 23.0 Å². The van der Waals surface area contributed by atoms with Crippen LogP contribution in [-0.4, -0.2) is 30.4 Å². The first kappa shape index (κ1) is 20.1. The highest BCUT2D eigenvalue weighted by atomic mass is 32.1. The number of ether oxygens (including phenoxy) is 1. The van der Waals surface area contributed by atoms with Crippen LogP contribution in [0.15, 0.2) is 22.9 Å². The lowest BCUT2D eigenvalue weighted by Crippen LogP contribution is -2.37. The zero-order chi connectivity index (χ0) is 19.3. The molecule has 2 aromatic heterocycles. The average molecular weight is 395 g/mol. The van der Waals surface area contributed by atoms with Gasteiger partial charge in [0.1, 0.15) is 10.6 Å². The Morgan fingerprint density at radius 3 is 2.50 bits per heavy atom. The Morgan fingerprint density at radius 1 is 1.19 bits per heavy atom. The maximum atomic E-state index is 12.7. The lowest BCUT2D eigenvalue weighted by Gasteiger charge is -2.15. The second-order valence-electron chi connectivity index (χ2n) is 6.20. The van der Waals surface area contributed by atoms with E-state index in [-0.39, 0.29) is 17.4 Å². The van der Waals surface area contributed by atoms with Gasteiger partial charge in [-0.05, 0) is 24.3 Å². The predicted molar refractivity (Wildman–Crippen MR) is 105 cm³/mol. The largest absolute Gasteiger partial charge is 0.449 e. The summed E-state index contributed by atoms with van der Waals surface area (Å²) in [6.07, 6.45) is -0.928. The third kappa shape index (κ3) is 5.15. The normalized spacial score (nSPS) is 11.9. The number of rotatable bonds is 7. The minimum absolute atomic E-state index is 0.274. The van der Waals surface area contributed by atoms with E-state index in [1.165, 1.54) is 36.5 Å². The van der Waals surface area contributed by atoms with Crippen molar-refractivity contribution >= 4 is 45.5 Å². The highest BCUT2D eigenvalue weighted by molar-refractivity contribution is 7.17. The molecule has 0 aliphatic rings. The minimum atomic E-state index is -0.928. The van der Waals surface area contributed by atoms with Gasteiger partial charge in [0, 0.05) is 29.3 Å². The molecule has 8 heteroatoms. The number of thiophene rings is 2. The number of esters is 1. The molecule has 0 saturated carbocycles. The van der Waals surface area contributed by atoms with E-state index in [9.17, 15) is 14.4 Å². The van der Waals surface area contributed by atoms with Gasteiger partial charge in [-0.15, -0.1) is 22.7 Å². The Labute approximate surface area is 160 Å². The molecule has 6 nitrogen and oxygen atoms in total. The molecule has 0 spiro atoms. The van der Waals surface area contributed by atoms with Crippen molar-refractivity contribution in [2.75, 3.05) is 11.9 Å². The fourth-order valence-electron chi connectivity index (χ4n) is 2.15. The molecule has 2 aromatic rings. The van der Waals surface area contributed by atoms with E-state index in [2.05, 4.69) is 10.6 Å². The van der Waals surface area contributed by atoms with Crippen molar-refractivity contribution in [3.05, 3.63) is 28.5 Å². The van der Waals surface area contributed by atoms with Crippen molar-refractivity contribution < 1.29 is 19.1 Å². The first-order valence-corrected chi connectivity index (χ1v) is 9.97. The van der Waals surface area contributed by atoms with Crippen molar-refractivity contribution in [3.8, 4) is 10.4 Å². The van der Waals surface area contributed by atoms with Gasteiger partial charge < -0.3 is 15.4 Å². The summed E-state index contributed by atoms with van der Waals surface area (Å²) in [4.78, 5) is 37.1. The predicted octanol–water partition coefficient (Wildman–Crippen LogP) is 3.75. The van der Waals surface area contributed by atoms with Gasteiger partial charge in [-0.2, -0.15) is 0 Å². The molecule has 0 radical (unpaired) electrons. The third-order valence-electron chi connectivity index (χ3n) is 3.41. The number of hydrogen-bond acceptors (Lipinski definition) is 6. The van der Waals surface area contributed by atoms with Crippen molar-refractivity contribution in [3.63, 3.8) is 0 Å². The summed E-state index contributed by atoms with van der Waals surface area (Å²) < 4.78 is 5.36. The summed E-state index contributed by atoms with van der Waals surface area (Å²) in [6.45, 7) is 7.38. The van der Waals surface area contributed by atoms with E-state index in [1.807, 2.05) is 31.4 Å². The number of amides is 2. The standard InChI is InChI=1S/C18H22N2O4S2/c1-10(2)8-19-16(22)11(3)24-18(23)15-13(14-6-5-7-25-14)9-26-17(15)20-12(4)21/h5-7,9-11H,8H2,1-4H3,(H,19,22)(H,20,21)/t11-/m0/s1. The van der Waals surface area contributed by atoms with Crippen LogP contribution in [0.4, 0.5) is 5.00 Å². The SMILES string of the molecule is CC(=O)Nc1scc(-c2cccs2)c1C(=O)O[C@@H](C)C(=O)NCC(C)C. The molecule has 0 aliphatic carbocycles. The van der Waals surface area contributed by atoms with Gasteiger partial charge in [-0.3, -0.25) is 9.59 Å². The second-order valence-corrected chi connectivity index (χ2v) is 8.03. The molecule has 2 heterocycles. The van der Waals surface area contributed by atoms with Crippen LogP contribution in [0.3, 0.4) is 0 Å². The molecule has 0 fully saturated rings. The van der Waals surface area contributed by atoms with Crippen molar-refractivity contribution in [1.82, 2.24) is 5.32 Å². The lowest BCUT2D eigenvalue weighted by molar-refractivity contribution is -0.129. The molecular formula is C18H22N2O4S2. The number of anilines is 1. The van der Waals surface area contributed by atoms with E-state index in [1.54, 1.807) is 5.38 Å². The molecule has 0 bridgehead atoms. The Morgan fingerprint density at radius 2 is 1.92 bits per heavy atom. The fourth-order valence-corrected chi connectivity index (χ4v) is 3.96. The maximum absolute atomic E-state index is 12.7. The van der Waals surface area contributed by atoms with Crippen LogP contribution in [0.2, 0.25) is 0 Å². The van der Waals surface area contributed by atoms with E-state index in [4.69, 9.17) is 4.74 Å². The van der Waals surface area contributed by atoms with E-state index in [0.717, 1.165) is 4.88 Å². The van der Waals surface area contributed by atoms with Crippen LogP contribution < -0.4 is 10.6 Å². The van der Waals surface area contributed by atoms with Gasteiger partial charge >= 0.3 is 5.97 Å². The van der Waals surface area contributed by atoms with Crippen LogP contribution >= 0.6 is 22.7 Å². The van der Waals surface area contributed by atoms with Crippen molar-refractivity contribution in [2.24, 2.45) is 5.92 Å². The molecule has 0 saturated heterocycles. The van der Waals surface area contributed by atoms with Gasteiger partial charge in [-0.25, -0.2) is 4.79 Å². The monoisotopic (exact) mass is 394 g/mol. The molecule has 2 rings (SSSR count). The number of carbonyl (C=O) groups is 3. The zero-order valence-electron chi connectivity index (χ0n) is 15.1. The van der Waals surface area contributed by atoms with Crippen LogP contribution in [0, 0.1) is 5.92 Å². The summed E-state index contributed by atoms with van der Waals surface area (Å²) in [5, 5.41) is 9.53. The van der Waals surface area contributed by atoms with E-state index < -0.39 is 12.1 Å². The number of carbonyl (C=O) groups excluding carboxylic acids is 3. The maximum Gasteiger partial charge on any atom is 0.342 e. The average Bonchev–Trinajstić information content (AvgIpc) is 3.20. The summed E-state index contributed by atoms with van der Waals surface area (Å²) >= 11 is 2.74. The Bertz CT molecular complexity index is 781. The molecule has 0 aromatic carbocycles. The Hall–Kier alpha value is -2.19. The molecule has 1 atom stereocenters. The smallest absolute Gasteiger partial charge is 0.342 e. The topological polar surface area (TPSA) is 84.5 Å². The van der Waals surface area contributed by atoms with Crippen molar-refractivity contribution in [1.29, 1.82) is 0 Å². The second kappa shape index (κ2) is 8.95. The summed E-state index contributed by atoms with van der Waals surface area (Å²) in [6, 6.07) is 3.77. The number of nitrogens with one attached hydrogen (secondary N) is 2. The lowest BCUT2D eigenvalue weighted by atomic mass is 10.1. The third-order valence-corrected chi connectivity index (χ3v) is 5.21. The molecule has 0 aliphatic heterocycles. The molecule has 2 amide bonds. The summed E-state index contributed by atoms with van der Waals surface area (Å²) in [5.74, 6) is -0.955. The fraction of sp³-hybridized carbons (Fsp3) is 0.389. The zero-order valence-corrected chi connectivity index (χ0v) is 16.8. The first-order chi connectivity index (χ1) is 12.3. The van der Waals surface area contributed by atoms with Crippen LogP contribution in [-0.2, 0) is 14.3 Å². The van der Waals surface area contributed by atoms with Gasteiger partial charge in [0.2, 0.25) is 5.91 Å². The quantitative estimate of drug-likeness (QED) is 0.701. The van der Waals surface area contributed by atoms with Crippen LogP contribution in [0.1, 0.15) is 38.1 Å². The number of hydrogen-bond donors (Lipinski definition) is 2. The molecule has 0 unspecified atom stereocenters. The van der Waals surface area contributed by atoms with Gasteiger partial charge in [0.25, 0.3) is 5.91 Å². The molecule has 2 N–H and O–H groups in total. The highest BCUT2D eigenvalue weighted by Gasteiger charge is 2.26. The molecule has 140 valence electrons. The van der Waals surface area contributed by atoms with E-state index >= 15 is 0 Å². The first-order valence-electron chi connectivity index (χ1n) is 8.21. The van der Waals surface area contributed by atoms with Gasteiger partial charge in [-0.1, -0.05) is 19.9 Å². The summed E-state index contributed by atoms with van der Waals surface area (Å²) in [5.41, 5.74) is 0.963.